The van der Waals surface area contributed by atoms with Crippen molar-refractivity contribution in [2.24, 2.45) is 0 Å². The fourth-order valence-electron chi connectivity index (χ4n) is 4.30. The van der Waals surface area contributed by atoms with Gasteiger partial charge >= 0.3 is 11.1 Å². The van der Waals surface area contributed by atoms with Crippen LogP contribution in [0.2, 0.25) is 0 Å². The number of aromatic amines is 1. The highest BCUT2D eigenvalue weighted by Gasteiger charge is 2.27. The molecule has 5 rings (SSSR count). The highest BCUT2D eigenvalue weighted by molar-refractivity contribution is 5.97. The highest BCUT2D eigenvalue weighted by Crippen LogP contribution is 2.30. The van der Waals surface area contributed by atoms with Gasteiger partial charge in [-0.2, -0.15) is 0 Å². The third kappa shape index (κ3) is 3.34. The summed E-state index contributed by atoms with van der Waals surface area (Å²) >= 11 is 0. The number of nitrogens with one attached hydrogen (secondary N) is 1. The summed E-state index contributed by atoms with van der Waals surface area (Å²) in [6.45, 7) is 3.40. The Balaban J connectivity index is 1.35. The number of H-pyrrole nitrogens is 1. The number of aryl methyl sites for hydroxylation is 1. The quantitative estimate of drug-likeness (QED) is 0.516. The number of hydrogen-bond acceptors (Lipinski definition) is 5. The number of oxazole rings is 1. The molecule has 4 aromatic rings. The lowest BCUT2D eigenvalue weighted by Gasteiger charge is -2.30. The van der Waals surface area contributed by atoms with Crippen molar-refractivity contribution in [3.63, 3.8) is 0 Å². The molecule has 0 unspecified atom stereocenters. The van der Waals surface area contributed by atoms with Gasteiger partial charge in [0.1, 0.15) is 5.52 Å². The zero-order valence-corrected chi connectivity index (χ0v) is 17.1. The Morgan fingerprint density at radius 2 is 1.94 bits per heavy atom. The van der Waals surface area contributed by atoms with Crippen molar-refractivity contribution in [3.05, 3.63) is 74.6 Å². The van der Waals surface area contributed by atoms with Crippen LogP contribution in [0.5, 0.6) is 0 Å². The normalized spacial score (nSPS) is 15.1. The van der Waals surface area contributed by atoms with Crippen LogP contribution >= 0.6 is 0 Å². The molecule has 0 bridgehead atoms. The summed E-state index contributed by atoms with van der Waals surface area (Å²) in [7, 11) is 0. The molecular weight excluding hydrogens is 396 g/mol. The lowest BCUT2D eigenvalue weighted by Crippen LogP contribution is -2.38. The molecule has 3 heterocycles. The number of carbonyl (C=O) groups excluding carboxylic acids is 1. The van der Waals surface area contributed by atoms with Crippen molar-refractivity contribution >= 4 is 28.0 Å². The van der Waals surface area contributed by atoms with Gasteiger partial charge in [0, 0.05) is 31.1 Å². The predicted molar refractivity (Wildman–Crippen MR) is 116 cm³/mol. The van der Waals surface area contributed by atoms with Crippen LogP contribution in [0.3, 0.4) is 0 Å². The molecule has 1 aliphatic heterocycles. The summed E-state index contributed by atoms with van der Waals surface area (Å²) in [5.74, 6) is 0.825. The van der Waals surface area contributed by atoms with Crippen LogP contribution in [-0.4, -0.2) is 38.4 Å². The molecule has 0 saturated carbocycles. The van der Waals surface area contributed by atoms with Crippen molar-refractivity contribution in [2.75, 3.05) is 13.1 Å². The molecule has 8 heteroatoms. The molecule has 0 spiro atoms. The summed E-state index contributed by atoms with van der Waals surface area (Å²) in [6.07, 6.45) is 1.55. The summed E-state index contributed by atoms with van der Waals surface area (Å²) in [5.41, 5.74) is 1.95. The second-order valence-electron chi connectivity index (χ2n) is 7.82. The van der Waals surface area contributed by atoms with Crippen molar-refractivity contribution in [1.82, 2.24) is 19.4 Å². The number of fused-ring (bicyclic) bond motifs is 2. The Kier molecular flexibility index (Phi) is 4.69. The monoisotopic (exact) mass is 418 g/mol. The van der Waals surface area contributed by atoms with Gasteiger partial charge in [0.2, 0.25) is 0 Å². The molecule has 2 aromatic heterocycles. The predicted octanol–water partition coefficient (Wildman–Crippen LogP) is 2.87. The van der Waals surface area contributed by atoms with Crippen LogP contribution in [-0.2, 0) is 6.54 Å². The average Bonchev–Trinajstić information content (AvgIpc) is 3.24. The first-order valence-corrected chi connectivity index (χ1v) is 10.5. The minimum absolute atomic E-state index is 0.0898. The number of nitrogens with zero attached hydrogens (tertiary/aromatic N) is 3. The van der Waals surface area contributed by atoms with Crippen LogP contribution in [0, 0.1) is 0 Å². The maximum absolute atomic E-state index is 13.1. The Morgan fingerprint density at radius 3 is 2.68 bits per heavy atom. The van der Waals surface area contributed by atoms with Gasteiger partial charge in [-0.05, 0) is 50.1 Å². The van der Waals surface area contributed by atoms with Gasteiger partial charge < -0.3 is 18.9 Å². The maximum atomic E-state index is 13.1. The van der Waals surface area contributed by atoms with Crippen molar-refractivity contribution in [1.29, 1.82) is 0 Å². The number of rotatable bonds is 3. The largest absolute Gasteiger partial charge is 0.440 e. The molecule has 1 saturated heterocycles. The van der Waals surface area contributed by atoms with Gasteiger partial charge in [0.25, 0.3) is 5.91 Å². The summed E-state index contributed by atoms with van der Waals surface area (Å²) in [6, 6.07) is 12.8. The van der Waals surface area contributed by atoms with Crippen molar-refractivity contribution < 1.29 is 9.21 Å². The van der Waals surface area contributed by atoms with Crippen LogP contribution in [0.15, 0.2) is 56.5 Å². The fourth-order valence-corrected chi connectivity index (χ4v) is 4.30. The lowest BCUT2D eigenvalue weighted by atomic mass is 9.96. The summed E-state index contributed by atoms with van der Waals surface area (Å²) in [5, 5.41) is 0. The van der Waals surface area contributed by atoms with Gasteiger partial charge in [0.05, 0.1) is 11.0 Å². The molecule has 158 valence electrons. The number of benzene rings is 2. The van der Waals surface area contributed by atoms with Gasteiger partial charge in [-0.1, -0.05) is 12.1 Å². The van der Waals surface area contributed by atoms with E-state index in [2.05, 4.69) is 9.97 Å². The van der Waals surface area contributed by atoms with Gasteiger partial charge in [-0.3, -0.25) is 14.4 Å². The van der Waals surface area contributed by atoms with E-state index in [-0.39, 0.29) is 11.8 Å². The molecular formula is C23H22N4O4. The summed E-state index contributed by atoms with van der Waals surface area (Å²) < 4.78 is 7.31. The first-order chi connectivity index (χ1) is 15.0. The Hall–Kier alpha value is -3.68. The van der Waals surface area contributed by atoms with E-state index in [1.165, 1.54) is 4.57 Å². The van der Waals surface area contributed by atoms with E-state index >= 15 is 0 Å². The van der Waals surface area contributed by atoms with E-state index in [9.17, 15) is 14.4 Å². The number of piperidine rings is 1. The molecule has 1 N–H and O–H groups in total. The molecule has 2 aromatic carbocycles. The van der Waals surface area contributed by atoms with E-state index in [0.717, 1.165) is 29.8 Å². The van der Waals surface area contributed by atoms with Crippen LogP contribution in [0.4, 0.5) is 0 Å². The minimum Gasteiger partial charge on any atom is -0.440 e. The third-order valence-corrected chi connectivity index (χ3v) is 5.98. The zero-order valence-electron chi connectivity index (χ0n) is 17.1. The van der Waals surface area contributed by atoms with E-state index in [1.807, 2.05) is 29.2 Å². The smallest absolute Gasteiger partial charge is 0.316 e. The van der Waals surface area contributed by atoms with Crippen molar-refractivity contribution in [3.8, 4) is 0 Å². The van der Waals surface area contributed by atoms with Crippen LogP contribution < -0.4 is 11.1 Å². The van der Waals surface area contributed by atoms with E-state index in [1.54, 1.807) is 25.1 Å². The number of likely N-dealkylation sites (tertiary alicyclic amines) is 1. The second kappa shape index (κ2) is 7.54. The van der Waals surface area contributed by atoms with Crippen molar-refractivity contribution in [2.45, 2.75) is 32.2 Å². The molecule has 0 aliphatic carbocycles. The van der Waals surface area contributed by atoms with E-state index in [0.29, 0.717) is 36.2 Å². The maximum Gasteiger partial charge on any atom is 0.316 e. The lowest BCUT2D eigenvalue weighted by molar-refractivity contribution is 0.0707. The van der Waals surface area contributed by atoms with E-state index < -0.39 is 11.1 Å². The molecule has 1 fully saturated rings. The minimum atomic E-state index is -0.682. The molecule has 1 aliphatic rings. The number of para-hydroxylation sites is 2. The van der Waals surface area contributed by atoms with Gasteiger partial charge in [-0.15, -0.1) is 0 Å². The standard InChI is InChI=1S/C23H22N4O4/c1-2-27-18-8-7-15(13-17(18)24-20(28)23(27)30)22(29)26-11-9-14(10-12-26)21-25-16-5-3-4-6-19(16)31-21/h3-8,13-14H,2,9-12H2,1H3,(H,24,28). The molecule has 31 heavy (non-hydrogen) atoms. The number of amides is 1. The van der Waals surface area contributed by atoms with Crippen LogP contribution in [0.1, 0.15) is 41.9 Å². The van der Waals surface area contributed by atoms with E-state index in [4.69, 9.17) is 4.42 Å². The Labute approximate surface area is 177 Å². The molecule has 8 nitrogen and oxygen atoms in total. The van der Waals surface area contributed by atoms with Gasteiger partial charge in [0.15, 0.2) is 11.5 Å². The highest BCUT2D eigenvalue weighted by atomic mass is 16.3. The first kappa shape index (κ1) is 19.3. The first-order valence-electron chi connectivity index (χ1n) is 10.5. The zero-order chi connectivity index (χ0) is 21.5. The molecule has 0 atom stereocenters. The Bertz CT molecular complexity index is 1370. The van der Waals surface area contributed by atoms with Gasteiger partial charge in [-0.25, -0.2) is 4.98 Å². The second-order valence-corrected chi connectivity index (χ2v) is 7.82. The topological polar surface area (TPSA) is 101 Å². The number of carbonyl (C=O) groups is 1. The van der Waals surface area contributed by atoms with Crippen LogP contribution in [0.25, 0.3) is 22.1 Å². The molecule has 0 radical (unpaired) electrons. The Morgan fingerprint density at radius 1 is 1.16 bits per heavy atom. The fraction of sp³-hybridized carbons (Fsp3) is 0.304. The number of aromatic nitrogens is 3. The average molecular weight is 418 g/mol. The number of hydrogen-bond donors (Lipinski definition) is 1. The summed E-state index contributed by atoms with van der Waals surface area (Å²) in [4.78, 5) is 46.0. The molecule has 1 amide bonds. The SMILES string of the molecule is CCn1c(=O)c(=O)[nH]c2cc(C(=O)N3CCC(c4nc5ccccc5o4)CC3)ccc21. The third-order valence-electron chi connectivity index (χ3n) is 5.98.